The summed E-state index contributed by atoms with van der Waals surface area (Å²) in [7, 11) is 0. The molecule has 0 rings (SSSR count). The van der Waals surface area contributed by atoms with E-state index in [1.165, 1.54) is 0 Å². The maximum atomic E-state index is 11.0. The van der Waals surface area contributed by atoms with E-state index in [0.717, 1.165) is 0 Å². The van der Waals surface area contributed by atoms with Crippen molar-refractivity contribution < 1.29 is 4.79 Å². The molecule has 0 atom stereocenters. The van der Waals surface area contributed by atoms with Crippen molar-refractivity contribution in [1.29, 1.82) is 0 Å². The average molecular weight is 170 g/mol. The van der Waals surface area contributed by atoms with Gasteiger partial charge in [-0.1, -0.05) is 6.58 Å². The Morgan fingerprint density at radius 1 is 1.42 bits per heavy atom. The summed E-state index contributed by atoms with van der Waals surface area (Å²) in [6.45, 7) is 11.8. The van der Waals surface area contributed by atoms with Crippen LogP contribution in [-0.4, -0.2) is 18.1 Å². The van der Waals surface area contributed by atoms with Gasteiger partial charge in [-0.15, -0.1) is 0 Å². The smallest absolute Gasteiger partial charge is 0.247 e. The third-order valence-electron chi connectivity index (χ3n) is 1.26. The summed E-state index contributed by atoms with van der Waals surface area (Å²) in [5.74, 6) is -0.105. The molecule has 0 aromatic heterocycles. The molecular weight excluding hydrogens is 152 g/mol. The van der Waals surface area contributed by atoms with Crippen molar-refractivity contribution in [3.05, 3.63) is 12.2 Å². The normalized spacial score (nSPS) is 11.0. The molecule has 0 aromatic carbocycles. The molecule has 0 unspecified atom stereocenters. The lowest BCUT2D eigenvalue weighted by atomic mass is 10.1. The van der Waals surface area contributed by atoms with Crippen LogP contribution in [0.25, 0.3) is 0 Å². The van der Waals surface area contributed by atoms with E-state index in [2.05, 4.69) is 17.2 Å². The predicted octanol–water partition coefficient (Wildman–Crippen LogP) is 1.02. The van der Waals surface area contributed by atoms with Crippen molar-refractivity contribution >= 4 is 5.91 Å². The SMILES string of the molecule is C=C(C)C(=O)NCNC(C)(C)C. The molecule has 3 nitrogen and oxygen atoms in total. The molecule has 0 spiro atoms. The second-order valence-corrected chi connectivity index (χ2v) is 3.89. The van der Waals surface area contributed by atoms with E-state index < -0.39 is 0 Å². The molecule has 2 N–H and O–H groups in total. The molecule has 0 fully saturated rings. The van der Waals surface area contributed by atoms with Crippen LogP contribution in [0.15, 0.2) is 12.2 Å². The van der Waals surface area contributed by atoms with Crippen LogP contribution in [0, 0.1) is 0 Å². The van der Waals surface area contributed by atoms with Gasteiger partial charge in [-0.05, 0) is 27.7 Å². The summed E-state index contributed by atoms with van der Waals surface area (Å²) >= 11 is 0. The maximum absolute atomic E-state index is 11.0. The molecule has 0 saturated heterocycles. The van der Waals surface area contributed by atoms with Crippen molar-refractivity contribution in [3.63, 3.8) is 0 Å². The molecule has 0 aliphatic rings. The Bertz CT molecular complexity index is 179. The van der Waals surface area contributed by atoms with E-state index in [9.17, 15) is 4.79 Å². The van der Waals surface area contributed by atoms with Crippen molar-refractivity contribution in [2.24, 2.45) is 0 Å². The minimum absolute atomic E-state index is 0.0301. The van der Waals surface area contributed by atoms with Crippen LogP contribution in [0.3, 0.4) is 0 Å². The highest BCUT2D eigenvalue weighted by atomic mass is 16.1. The van der Waals surface area contributed by atoms with Crippen LogP contribution < -0.4 is 10.6 Å². The highest BCUT2D eigenvalue weighted by Crippen LogP contribution is 1.96. The van der Waals surface area contributed by atoms with Crippen LogP contribution in [0.4, 0.5) is 0 Å². The van der Waals surface area contributed by atoms with Crippen LogP contribution in [0.5, 0.6) is 0 Å². The number of hydrogen-bond donors (Lipinski definition) is 2. The minimum Gasteiger partial charge on any atom is -0.340 e. The van der Waals surface area contributed by atoms with Crippen LogP contribution in [0.1, 0.15) is 27.7 Å². The number of nitrogens with one attached hydrogen (secondary N) is 2. The Balaban J connectivity index is 3.58. The lowest BCUT2D eigenvalue weighted by molar-refractivity contribution is -0.117. The Morgan fingerprint density at radius 2 is 1.92 bits per heavy atom. The summed E-state index contributed by atoms with van der Waals surface area (Å²) < 4.78 is 0. The fourth-order valence-corrected chi connectivity index (χ4v) is 0.541. The van der Waals surface area contributed by atoms with Gasteiger partial charge in [-0.25, -0.2) is 0 Å². The Labute approximate surface area is 74.2 Å². The van der Waals surface area contributed by atoms with E-state index in [1.54, 1.807) is 6.92 Å². The zero-order valence-electron chi connectivity index (χ0n) is 8.32. The average Bonchev–Trinajstić information content (AvgIpc) is 1.84. The van der Waals surface area contributed by atoms with Gasteiger partial charge in [0.25, 0.3) is 0 Å². The third-order valence-corrected chi connectivity index (χ3v) is 1.26. The first-order chi connectivity index (χ1) is 5.33. The minimum atomic E-state index is -0.105. The van der Waals surface area contributed by atoms with Crippen molar-refractivity contribution in [1.82, 2.24) is 10.6 Å². The van der Waals surface area contributed by atoms with Crippen LogP contribution >= 0.6 is 0 Å². The van der Waals surface area contributed by atoms with Crippen LogP contribution in [-0.2, 0) is 4.79 Å². The summed E-state index contributed by atoms with van der Waals surface area (Å²) in [6.07, 6.45) is 0. The highest BCUT2D eigenvalue weighted by Gasteiger charge is 2.08. The maximum Gasteiger partial charge on any atom is 0.247 e. The number of rotatable bonds is 3. The molecule has 12 heavy (non-hydrogen) atoms. The lowest BCUT2D eigenvalue weighted by Crippen LogP contribution is -2.43. The predicted molar refractivity (Wildman–Crippen MR) is 50.7 cm³/mol. The molecular formula is C9H18N2O. The third kappa shape index (κ3) is 5.92. The molecule has 0 radical (unpaired) electrons. The lowest BCUT2D eigenvalue weighted by Gasteiger charge is -2.20. The van der Waals surface area contributed by atoms with Gasteiger partial charge in [0.1, 0.15) is 0 Å². The summed E-state index contributed by atoms with van der Waals surface area (Å²) in [6, 6.07) is 0. The Hall–Kier alpha value is -0.830. The molecule has 0 aromatic rings. The van der Waals surface area contributed by atoms with Gasteiger partial charge >= 0.3 is 0 Å². The van der Waals surface area contributed by atoms with Gasteiger partial charge in [0.2, 0.25) is 5.91 Å². The fraction of sp³-hybridized carbons (Fsp3) is 0.667. The summed E-state index contributed by atoms with van der Waals surface area (Å²) in [5, 5.41) is 5.82. The Morgan fingerprint density at radius 3 is 2.25 bits per heavy atom. The van der Waals surface area contributed by atoms with Crippen molar-refractivity contribution in [2.45, 2.75) is 33.2 Å². The standard InChI is InChI=1S/C9H18N2O/c1-7(2)8(12)10-6-11-9(3,4)5/h11H,1,6H2,2-5H3,(H,10,12). The van der Waals surface area contributed by atoms with E-state index in [-0.39, 0.29) is 11.4 Å². The van der Waals surface area contributed by atoms with E-state index >= 15 is 0 Å². The number of carbonyl (C=O) groups excluding carboxylic acids is 1. The first-order valence-electron chi connectivity index (χ1n) is 4.01. The van der Waals surface area contributed by atoms with Gasteiger partial charge in [0.05, 0.1) is 6.67 Å². The molecule has 0 aliphatic heterocycles. The molecule has 0 bridgehead atoms. The van der Waals surface area contributed by atoms with Gasteiger partial charge in [-0.2, -0.15) is 0 Å². The van der Waals surface area contributed by atoms with Crippen molar-refractivity contribution in [2.75, 3.05) is 6.67 Å². The monoisotopic (exact) mass is 170 g/mol. The van der Waals surface area contributed by atoms with E-state index in [1.807, 2.05) is 20.8 Å². The molecule has 0 saturated carbocycles. The topological polar surface area (TPSA) is 41.1 Å². The number of carbonyl (C=O) groups is 1. The van der Waals surface area contributed by atoms with Gasteiger partial charge in [-0.3, -0.25) is 10.1 Å². The largest absolute Gasteiger partial charge is 0.340 e. The molecule has 3 heteroatoms. The summed E-state index contributed by atoms with van der Waals surface area (Å²) in [4.78, 5) is 11.0. The number of hydrogen-bond acceptors (Lipinski definition) is 2. The first kappa shape index (κ1) is 11.2. The molecule has 70 valence electrons. The Kier molecular flexibility index (Phi) is 3.96. The second-order valence-electron chi connectivity index (χ2n) is 3.89. The van der Waals surface area contributed by atoms with Gasteiger partial charge in [0.15, 0.2) is 0 Å². The zero-order valence-corrected chi connectivity index (χ0v) is 8.32. The molecule has 0 heterocycles. The first-order valence-corrected chi connectivity index (χ1v) is 4.01. The zero-order chi connectivity index (χ0) is 9.78. The van der Waals surface area contributed by atoms with E-state index in [4.69, 9.17) is 0 Å². The quantitative estimate of drug-likeness (QED) is 0.490. The highest BCUT2D eigenvalue weighted by molar-refractivity contribution is 5.91. The summed E-state index contributed by atoms with van der Waals surface area (Å²) in [5.41, 5.74) is 0.563. The van der Waals surface area contributed by atoms with Gasteiger partial charge in [0, 0.05) is 11.1 Å². The molecule has 1 amide bonds. The van der Waals surface area contributed by atoms with Crippen LogP contribution in [0.2, 0.25) is 0 Å². The number of amides is 1. The van der Waals surface area contributed by atoms with E-state index in [0.29, 0.717) is 12.2 Å². The molecule has 0 aliphatic carbocycles. The fourth-order valence-electron chi connectivity index (χ4n) is 0.541. The van der Waals surface area contributed by atoms with Gasteiger partial charge < -0.3 is 5.32 Å². The van der Waals surface area contributed by atoms with Crippen molar-refractivity contribution in [3.8, 4) is 0 Å². The second kappa shape index (κ2) is 4.26.